The molecular weight excluding hydrogens is 143 g/mol. The topological polar surface area (TPSA) is 0 Å². The third kappa shape index (κ3) is 0.885. The Bertz CT molecular complexity index is 185. The summed E-state index contributed by atoms with van der Waals surface area (Å²) >= 11 is 0. The van der Waals surface area contributed by atoms with Crippen molar-refractivity contribution in [3.8, 4) is 0 Å². The van der Waals surface area contributed by atoms with Gasteiger partial charge in [0.2, 0.25) is 0 Å². The second-order valence-corrected chi connectivity index (χ2v) is 5.84. The Kier molecular flexibility index (Phi) is 1.75. The third-order valence-corrected chi connectivity index (χ3v) is 5.26. The summed E-state index contributed by atoms with van der Waals surface area (Å²) in [6.07, 6.45) is 3.03. The monoisotopic (exact) mass is 164 g/mol. The first-order valence-electron chi connectivity index (χ1n) is 5.74. The first kappa shape index (κ1) is 8.53. The summed E-state index contributed by atoms with van der Waals surface area (Å²) < 4.78 is 0. The van der Waals surface area contributed by atoms with Gasteiger partial charge in [-0.2, -0.15) is 0 Å². The molecule has 4 unspecified atom stereocenters. The standard InChI is InChI=1S/C11H21B/c1-7-9-5-8(11(9,2)3)6-10(7)12-4/h7-10H,4-6,12H2,1-3H3. The van der Waals surface area contributed by atoms with Crippen molar-refractivity contribution in [2.24, 2.45) is 23.2 Å². The van der Waals surface area contributed by atoms with E-state index in [1.165, 1.54) is 12.8 Å². The van der Waals surface area contributed by atoms with Gasteiger partial charge < -0.3 is 0 Å². The van der Waals surface area contributed by atoms with Gasteiger partial charge in [0.05, 0.1) is 0 Å². The van der Waals surface area contributed by atoms with E-state index < -0.39 is 0 Å². The molecule has 2 bridgehead atoms. The molecule has 0 aliphatic heterocycles. The van der Waals surface area contributed by atoms with Crippen LogP contribution in [0.1, 0.15) is 33.6 Å². The van der Waals surface area contributed by atoms with Crippen molar-refractivity contribution < 1.29 is 0 Å². The lowest BCUT2D eigenvalue weighted by Gasteiger charge is -2.63. The van der Waals surface area contributed by atoms with Gasteiger partial charge in [0, 0.05) is 0 Å². The van der Waals surface area contributed by atoms with Crippen LogP contribution >= 0.6 is 0 Å². The smallest absolute Gasteiger partial charge is 0.139 e. The Morgan fingerprint density at radius 3 is 2.42 bits per heavy atom. The second kappa shape index (κ2) is 2.46. The Morgan fingerprint density at radius 2 is 2.00 bits per heavy atom. The Balaban J connectivity index is 2.11. The average molecular weight is 164 g/mol. The van der Waals surface area contributed by atoms with E-state index in [1.54, 1.807) is 0 Å². The van der Waals surface area contributed by atoms with Crippen molar-refractivity contribution in [2.75, 3.05) is 0 Å². The molecule has 12 heavy (non-hydrogen) atoms. The highest BCUT2D eigenvalue weighted by molar-refractivity contribution is 6.39. The first-order chi connectivity index (χ1) is 5.57. The fourth-order valence-electron chi connectivity index (χ4n) is 3.95. The zero-order valence-corrected chi connectivity index (χ0v) is 8.93. The van der Waals surface area contributed by atoms with E-state index in [9.17, 15) is 0 Å². The van der Waals surface area contributed by atoms with Crippen LogP contribution in [0.2, 0.25) is 5.82 Å². The lowest BCUT2D eigenvalue weighted by atomic mass is 9.38. The summed E-state index contributed by atoms with van der Waals surface area (Å²) in [6.45, 7) is 11.6. The van der Waals surface area contributed by atoms with Gasteiger partial charge in [-0.15, -0.1) is 12.6 Å². The minimum Gasteiger partial charge on any atom is -0.139 e. The van der Waals surface area contributed by atoms with Gasteiger partial charge in [0.15, 0.2) is 7.28 Å². The molecule has 68 valence electrons. The van der Waals surface area contributed by atoms with Gasteiger partial charge in [-0.1, -0.05) is 33.1 Å². The van der Waals surface area contributed by atoms with Gasteiger partial charge in [-0.05, 0) is 23.7 Å². The van der Waals surface area contributed by atoms with Crippen LogP contribution in [0, 0.1) is 30.0 Å². The third-order valence-electron chi connectivity index (χ3n) is 5.26. The molecule has 0 aromatic heterocycles. The maximum atomic E-state index is 4.19. The van der Waals surface area contributed by atoms with Gasteiger partial charge >= 0.3 is 0 Å². The van der Waals surface area contributed by atoms with Crippen LogP contribution in [0.4, 0.5) is 0 Å². The second-order valence-electron chi connectivity index (χ2n) is 5.84. The first-order valence-corrected chi connectivity index (χ1v) is 5.74. The van der Waals surface area contributed by atoms with Gasteiger partial charge in [0.1, 0.15) is 0 Å². The zero-order valence-electron chi connectivity index (χ0n) is 8.93. The largest absolute Gasteiger partial charge is 0.169 e. The van der Waals surface area contributed by atoms with Crippen molar-refractivity contribution in [3.05, 3.63) is 6.82 Å². The maximum absolute atomic E-state index is 4.19. The zero-order chi connectivity index (χ0) is 8.93. The molecule has 3 aliphatic rings. The molecule has 0 aromatic rings. The molecule has 4 atom stereocenters. The van der Waals surface area contributed by atoms with Crippen LogP contribution in [0.25, 0.3) is 0 Å². The number of hydrogen-bond acceptors (Lipinski definition) is 0. The molecule has 1 heteroatoms. The molecule has 3 saturated carbocycles. The molecule has 0 heterocycles. The minimum atomic E-state index is 0.134. The molecule has 0 spiro atoms. The molecule has 0 radical (unpaired) electrons. The van der Waals surface area contributed by atoms with Crippen molar-refractivity contribution in [2.45, 2.75) is 39.4 Å². The van der Waals surface area contributed by atoms with E-state index in [4.69, 9.17) is 0 Å². The van der Waals surface area contributed by atoms with E-state index in [1.807, 2.05) is 0 Å². The average Bonchev–Trinajstić information content (AvgIpc) is 2.03. The van der Waals surface area contributed by atoms with Crippen LogP contribution < -0.4 is 0 Å². The number of hydrogen-bond donors (Lipinski definition) is 0. The van der Waals surface area contributed by atoms with E-state index in [2.05, 4.69) is 27.6 Å². The molecule has 0 aromatic carbocycles. The minimum absolute atomic E-state index is 0.134. The molecule has 0 N–H and O–H groups in total. The van der Waals surface area contributed by atoms with E-state index in [0.29, 0.717) is 5.41 Å². The predicted molar refractivity (Wildman–Crippen MR) is 56.8 cm³/mol. The fraction of sp³-hybridized carbons (Fsp3) is 0.909. The summed E-state index contributed by atoms with van der Waals surface area (Å²) in [6, 6.07) is 0. The summed E-state index contributed by atoms with van der Waals surface area (Å²) in [4.78, 5) is 0. The quantitative estimate of drug-likeness (QED) is 0.412. The van der Waals surface area contributed by atoms with Crippen LogP contribution in [0.3, 0.4) is 0 Å². The van der Waals surface area contributed by atoms with Crippen LogP contribution in [0.5, 0.6) is 0 Å². The fourth-order valence-corrected chi connectivity index (χ4v) is 3.95. The molecule has 0 nitrogen and oxygen atoms in total. The molecule has 0 amide bonds. The van der Waals surface area contributed by atoms with E-state index in [0.717, 1.165) is 23.6 Å². The SMILES string of the molecule is [CH2+][BH2-]C1CC2CC(C1C)C2(C)C. The van der Waals surface area contributed by atoms with E-state index in [-0.39, 0.29) is 7.28 Å². The summed E-state index contributed by atoms with van der Waals surface area (Å²) in [5.74, 6) is 4.13. The van der Waals surface area contributed by atoms with Crippen molar-refractivity contribution in [1.29, 1.82) is 0 Å². The normalized spacial score (nSPS) is 49.9. The number of fused-ring (bicyclic) bond motifs is 2. The van der Waals surface area contributed by atoms with Crippen molar-refractivity contribution >= 4 is 7.28 Å². The molecule has 3 aliphatic carbocycles. The Hall–Kier alpha value is -0.0651. The predicted octanol–water partition coefficient (Wildman–Crippen LogP) is 2.44. The van der Waals surface area contributed by atoms with E-state index >= 15 is 0 Å². The lowest BCUT2D eigenvalue weighted by Crippen LogP contribution is -2.54. The van der Waals surface area contributed by atoms with Crippen LogP contribution in [-0.2, 0) is 0 Å². The number of rotatable bonds is 1. The summed E-state index contributed by atoms with van der Waals surface area (Å²) in [5.41, 5.74) is 0.678. The Labute approximate surface area is 77.4 Å². The summed E-state index contributed by atoms with van der Waals surface area (Å²) in [7, 11) is 0.134. The van der Waals surface area contributed by atoms with Crippen molar-refractivity contribution in [1.82, 2.24) is 0 Å². The molecular formula is C11H21B. The Morgan fingerprint density at radius 1 is 1.33 bits per heavy atom. The molecule has 0 saturated heterocycles. The van der Waals surface area contributed by atoms with Gasteiger partial charge in [0.25, 0.3) is 0 Å². The van der Waals surface area contributed by atoms with Crippen molar-refractivity contribution in [3.63, 3.8) is 0 Å². The highest BCUT2D eigenvalue weighted by Crippen LogP contribution is 2.64. The van der Waals surface area contributed by atoms with Crippen LogP contribution in [-0.4, -0.2) is 7.28 Å². The molecule has 3 rings (SSSR count). The summed E-state index contributed by atoms with van der Waals surface area (Å²) in [5, 5.41) is 0. The van der Waals surface area contributed by atoms with Crippen LogP contribution in [0.15, 0.2) is 0 Å². The lowest BCUT2D eigenvalue weighted by molar-refractivity contribution is -0.0983. The van der Waals surface area contributed by atoms with Gasteiger partial charge in [-0.3, -0.25) is 0 Å². The maximum Gasteiger partial charge on any atom is 0.169 e. The molecule has 3 fully saturated rings. The highest BCUT2D eigenvalue weighted by atomic mass is 14.6. The van der Waals surface area contributed by atoms with Gasteiger partial charge in [-0.25, -0.2) is 0 Å². The highest BCUT2D eigenvalue weighted by Gasteiger charge is 2.54.